The van der Waals surface area contributed by atoms with Crippen LogP contribution in [0.5, 0.6) is 0 Å². The Labute approximate surface area is 93.9 Å². The van der Waals surface area contributed by atoms with E-state index >= 15 is 0 Å². The molecular formula is C13H13NO2. The van der Waals surface area contributed by atoms with Gasteiger partial charge in [-0.1, -0.05) is 24.8 Å². The number of rotatable bonds is 2. The molecule has 0 saturated carbocycles. The van der Waals surface area contributed by atoms with E-state index in [4.69, 9.17) is 4.74 Å². The van der Waals surface area contributed by atoms with Gasteiger partial charge < -0.3 is 9.30 Å². The number of methoxy groups -OCH3 is 1. The minimum atomic E-state index is -0.323. The molecule has 3 heteroatoms. The predicted molar refractivity (Wildman–Crippen MR) is 64.3 cm³/mol. The van der Waals surface area contributed by atoms with Crippen molar-refractivity contribution in [1.82, 2.24) is 4.57 Å². The second kappa shape index (κ2) is 3.85. The quantitative estimate of drug-likeness (QED) is 0.721. The first kappa shape index (κ1) is 10.5. The fourth-order valence-electron chi connectivity index (χ4n) is 1.77. The standard InChI is InChI=1S/C13H13NO2/c1-9(2)14-8-11(13(15)16-3)10-6-4-5-7-12(10)14/h4-8H,1H2,2-3H3. The van der Waals surface area contributed by atoms with Crippen molar-refractivity contribution in [3.8, 4) is 0 Å². The van der Waals surface area contributed by atoms with Gasteiger partial charge in [-0.25, -0.2) is 4.79 Å². The third-order valence-corrected chi connectivity index (χ3v) is 2.53. The van der Waals surface area contributed by atoms with E-state index in [-0.39, 0.29) is 5.97 Å². The van der Waals surface area contributed by atoms with Crippen molar-refractivity contribution < 1.29 is 9.53 Å². The van der Waals surface area contributed by atoms with Gasteiger partial charge in [-0.3, -0.25) is 0 Å². The fourth-order valence-corrected chi connectivity index (χ4v) is 1.77. The Morgan fingerprint density at radius 1 is 1.38 bits per heavy atom. The molecule has 1 heterocycles. The molecule has 0 radical (unpaired) electrons. The van der Waals surface area contributed by atoms with Gasteiger partial charge >= 0.3 is 5.97 Å². The molecule has 0 saturated heterocycles. The smallest absolute Gasteiger partial charge is 0.340 e. The van der Waals surface area contributed by atoms with Gasteiger partial charge in [-0.15, -0.1) is 0 Å². The van der Waals surface area contributed by atoms with Crippen molar-refractivity contribution in [1.29, 1.82) is 0 Å². The molecule has 1 aromatic carbocycles. The number of aromatic nitrogens is 1. The molecule has 2 rings (SSSR count). The minimum Gasteiger partial charge on any atom is -0.465 e. The molecule has 3 nitrogen and oxygen atoms in total. The molecule has 82 valence electrons. The van der Waals surface area contributed by atoms with Crippen LogP contribution >= 0.6 is 0 Å². The first-order chi connectivity index (χ1) is 7.65. The molecule has 2 aromatic rings. The number of nitrogens with zero attached hydrogens (tertiary/aromatic N) is 1. The molecular weight excluding hydrogens is 202 g/mol. The maximum absolute atomic E-state index is 11.6. The molecule has 0 amide bonds. The van der Waals surface area contributed by atoms with Crippen LogP contribution in [-0.2, 0) is 4.74 Å². The lowest BCUT2D eigenvalue weighted by atomic mass is 10.2. The van der Waals surface area contributed by atoms with E-state index in [1.165, 1.54) is 7.11 Å². The van der Waals surface area contributed by atoms with Crippen LogP contribution in [0.4, 0.5) is 0 Å². The molecule has 0 spiro atoms. The maximum atomic E-state index is 11.6. The number of carbonyl (C=O) groups is 1. The van der Waals surface area contributed by atoms with Gasteiger partial charge in [0.25, 0.3) is 0 Å². The highest BCUT2D eigenvalue weighted by molar-refractivity contribution is 6.05. The highest BCUT2D eigenvalue weighted by Gasteiger charge is 2.14. The summed E-state index contributed by atoms with van der Waals surface area (Å²) in [7, 11) is 1.38. The maximum Gasteiger partial charge on any atom is 0.340 e. The predicted octanol–water partition coefficient (Wildman–Crippen LogP) is 2.92. The van der Waals surface area contributed by atoms with Crippen LogP contribution in [0.25, 0.3) is 16.6 Å². The van der Waals surface area contributed by atoms with E-state index in [1.807, 2.05) is 35.8 Å². The van der Waals surface area contributed by atoms with Crippen LogP contribution in [0.3, 0.4) is 0 Å². The Hall–Kier alpha value is -2.03. The van der Waals surface area contributed by atoms with E-state index in [0.29, 0.717) is 5.56 Å². The molecule has 0 bridgehead atoms. The lowest BCUT2D eigenvalue weighted by molar-refractivity contribution is 0.0603. The van der Waals surface area contributed by atoms with E-state index in [2.05, 4.69) is 6.58 Å². The van der Waals surface area contributed by atoms with Crippen LogP contribution in [0, 0.1) is 0 Å². The highest BCUT2D eigenvalue weighted by Crippen LogP contribution is 2.24. The molecule has 0 aliphatic heterocycles. The number of ether oxygens (including phenoxy) is 1. The Kier molecular flexibility index (Phi) is 2.52. The molecule has 0 aliphatic rings. The summed E-state index contributed by atoms with van der Waals surface area (Å²) in [5.74, 6) is -0.323. The van der Waals surface area contributed by atoms with Crippen molar-refractivity contribution in [2.75, 3.05) is 7.11 Å². The lowest BCUT2D eigenvalue weighted by Crippen LogP contribution is -1.99. The Morgan fingerprint density at radius 2 is 2.06 bits per heavy atom. The summed E-state index contributed by atoms with van der Waals surface area (Å²) in [5, 5.41) is 0.886. The summed E-state index contributed by atoms with van der Waals surface area (Å²) in [4.78, 5) is 11.6. The van der Waals surface area contributed by atoms with Gasteiger partial charge in [0.2, 0.25) is 0 Å². The Balaban J connectivity index is 2.76. The van der Waals surface area contributed by atoms with Crippen molar-refractivity contribution in [2.45, 2.75) is 6.92 Å². The number of carbonyl (C=O) groups excluding carboxylic acids is 1. The number of hydrogen-bond donors (Lipinski definition) is 0. The van der Waals surface area contributed by atoms with Crippen molar-refractivity contribution in [3.05, 3.63) is 42.6 Å². The summed E-state index contributed by atoms with van der Waals surface area (Å²) in [6, 6.07) is 7.69. The van der Waals surface area contributed by atoms with Gasteiger partial charge in [-0.2, -0.15) is 0 Å². The summed E-state index contributed by atoms with van der Waals surface area (Å²) in [6.45, 7) is 5.78. The minimum absolute atomic E-state index is 0.323. The van der Waals surface area contributed by atoms with E-state index in [9.17, 15) is 4.79 Å². The van der Waals surface area contributed by atoms with Crippen LogP contribution in [0.15, 0.2) is 37.0 Å². The van der Waals surface area contributed by atoms with Gasteiger partial charge in [0.1, 0.15) is 0 Å². The Morgan fingerprint density at radius 3 is 2.69 bits per heavy atom. The van der Waals surface area contributed by atoms with Crippen molar-refractivity contribution in [3.63, 3.8) is 0 Å². The number of benzene rings is 1. The zero-order valence-corrected chi connectivity index (χ0v) is 9.36. The summed E-state index contributed by atoms with van der Waals surface area (Å²) in [5.41, 5.74) is 2.41. The largest absolute Gasteiger partial charge is 0.465 e. The van der Waals surface area contributed by atoms with Gasteiger partial charge in [0.05, 0.1) is 18.2 Å². The third kappa shape index (κ3) is 1.50. The van der Waals surface area contributed by atoms with E-state index in [1.54, 1.807) is 6.20 Å². The number of allylic oxidation sites excluding steroid dienone is 1. The number of para-hydroxylation sites is 1. The zero-order valence-electron chi connectivity index (χ0n) is 9.36. The molecule has 0 N–H and O–H groups in total. The number of hydrogen-bond acceptors (Lipinski definition) is 2. The van der Waals surface area contributed by atoms with Crippen LogP contribution in [0.2, 0.25) is 0 Å². The molecule has 0 fully saturated rings. The van der Waals surface area contributed by atoms with Crippen LogP contribution in [-0.4, -0.2) is 17.6 Å². The van der Waals surface area contributed by atoms with Crippen molar-refractivity contribution >= 4 is 22.6 Å². The first-order valence-corrected chi connectivity index (χ1v) is 4.99. The molecule has 0 aliphatic carbocycles. The van der Waals surface area contributed by atoms with Crippen LogP contribution < -0.4 is 0 Å². The average Bonchev–Trinajstić information content (AvgIpc) is 2.67. The Bertz CT molecular complexity index is 566. The van der Waals surface area contributed by atoms with Crippen LogP contribution in [0.1, 0.15) is 17.3 Å². The average molecular weight is 215 g/mol. The second-order valence-electron chi connectivity index (χ2n) is 3.66. The summed E-state index contributed by atoms with van der Waals surface area (Å²) >= 11 is 0. The van der Waals surface area contributed by atoms with Gasteiger partial charge in [-0.05, 0) is 13.0 Å². The van der Waals surface area contributed by atoms with E-state index in [0.717, 1.165) is 16.6 Å². The number of esters is 1. The lowest BCUT2D eigenvalue weighted by Gasteiger charge is -2.01. The fraction of sp³-hybridized carbons (Fsp3) is 0.154. The summed E-state index contributed by atoms with van der Waals surface area (Å²) in [6.07, 6.45) is 1.76. The van der Waals surface area contributed by atoms with Gasteiger partial charge in [0.15, 0.2) is 0 Å². The molecule has 16 heavy (non-hydrogen) atoms. The summed E-state index contributed by atoms with van der Waals surface area (Å²) < 4.78 is 6.65. The molecule has 1 aromatic heterocycles. The SMILES string of the molecule is C=C(C)n1cc(C(=O)OC)c2ccccc21. The monoisotopic (exact) mass is 215 g/mol. The molecule has 0 atom stereocenters. The molecule has 0 unspecified atom stereocenters. The van der Waals surface area contributed by atoms with Crippen molar-refractivity contribution in [2.24, 2.45) is 0 Å². The van der Waals surface area contributed by atoms with E-state index < -0.39 is 0 Å². The topological polar surface area (TPSA) is 31.2 Å². The third-order valence-electron chi connectivity index (χ3n) is 2.53. The zero-order chi connectivity index (χ0) is 11.7. The normalized spacial score (nSPS) is 10.4. The van der Waals surface area contributed by atoms with Gasteiger partial charge in [0, 0.05) is 17.3 Å². The first-order valence-electron chi connectivity index (χ1n) is 4.99. The highest BCUT2D eigenvalue weighted by atomic mass is 16.5. The second-order valence-corrected chi connectivity index (χ2v) is 3.66. The number of fused-ring (bicyclic) bond motifs is 1.